The van der Waals surface area contributed by atoms with Gasteiger partial charge in [-0.05, 0) is 47.2 Å². The molecule has 2 nitrogen and oxygen atoms in total. The van der Waals surface area contributed by atoms with Gasteiger partial charge in [0.2, 0.25) is 0 Å². The second-order valence-electron chi connectivity index (χ2n) is 4.24. The van der Waals surface area contributed by atoms with Gasteiger partial charge < -0.3 is 4.74 Å². The Balaban J connectivity index is 1.75. The van der Waals surface area contributed by atoms with Crippen LogP contribution in [0.25, 0.3) is 6.08 Å². The van der Waals surface area contributed by atoms with Crippen LogP contribution < -0.4 is 4.74 Å². The number of thiophene rings is 2. The van der Waals surface area contributed by atoms with E-state index in [0.717, 1.165) is 21.3 Å². The van der Waals surface area contributed by atoms with Crippen LogP contribution in [0, 0.1) is 0 Å². The number of benzene rings is 1. The predicted octanol–water partition coefficient (Wildman–Crippen LogP) is 5.50. The van der Waals surface area contributed by atoms with Crippen LogP contribution >= 0.6 is 22.7 Å². The van der Waals surface area contributed by atoms with E-state index in [1.807, 2.05) is 65.4 Å². The molecule has 0 unspecified atom stereocenters. The van der Waals surface area contributed by atoms with Gasteiger partial charge in [0, 0.05) is 0 Å². The first-order valence-corrected chi connectivity index (χ1v) is 8.15. The second kappa shape index (κ2) is 6.52. The van der Waals surface area contributed by atoms with Gasteiger partial charge in [-0.25, -0.2) is 0 Å². The number of carbonyl (C=O) groups is 1. The second-order valence-corrected chi connectivity index (χ2v) is 6.13. The Hall–Kier alpha value is -2.17. The molecule has 0 saturated carbocycles. The van der Waals surface area contributed by atoms with Crippen LogP contribution in [0.2, 0.25) is 0 Å². The molecule has 0 radical (unpaired) electrons. The average molecular weight is 312 g/mol. The van der Waals surface area contributed by atoms with Crippen molar-refractivity contribution in [3.8, 4) is 11.5 Å². The van der Waals surface area contributed by atoms with Crippen molar-refractivity contribution in [3.05, 3.63) is 75.1 Å². The third kappa shape index (κ3) is 3.48. The number of ketones is 1. The van der Waals surface area contributed by atoms with E-state index in [1.165, 1.54) is 11.3 Å². The van der Waals surface area contributed by atoms with Gasteiger partial charge in [-0.3, -0.25) is 4.79 Å². The highest BCUT2D eigenvalue weighted by molar-refractivity contribution is 7.12. The van der Waals surface area contributed by atoms with Gasteiger partial charge in [-0.2, -0.15) is 0 Å². The van der Waals surface area contributed by atoms with Crippen LogP contribution in [0.4, 0.5) is 0 Å². The first-order valence-electron chi connectivity index (χ1n) is 6.39. The van der Waals surface area contributed by atoms with Gasteiger partial charge in [0.05, 0.1) is 9.75 Å². The minimum absolute atomic E-state index is 0.0176. The van der Waals surface area contributed by atoms with Gasteiger partial charge in [0.25, 0.3) is 0 Å². The van der Waals surface area contributed by atoms with Crippen molar-refractivity contribution >= 4 is 34.5 Å². The van der Waals surface area contributed by atoms with Crippen LogP contribution in [-0.2, 0) is 0 Å². The van der Waals surface area contributed by atoms with E-state index < -0.39 is 0 Å². The summed E-state index contributed by atoms with van der Waals surface area (Å²) in [5, 5.41) is 3.85. The topological polar surface area (TPSA) is 26.3 Å². The third-order valence-electron chi connectivity index (χ3n) is 2.78. The highest BCUT2D eigenvalue weighted by Crippen LogP contribution is 2.30. The molecule has 2 aromatic heterocycles. The smallest absolute Gasteiger partial charge is 0.195 e. The normalized spacial score (nSPS) is 10.9. The molecule has 1 aromatic carbocycles. The van der Waals surface area contributed by atoms with E-state index in [4.69, 9.17) is 4.74 Å². The van der Waals surface area contributed by atoms with Crippen LogP contribution in [-0.4, -0.2) is 5.78 Å². The molecule has 0 aliphatic carbocycles. The zero-order valence-electron chi connectivity index (χ0n) is 11.1. The summed E-state index contributed by atoms with van der Waals surface area (Å²) in [6.07, 6.45) is 3.40. The van der Waals surface area contributed by atoms with Gasteiger partial charge in [0.15, 0.2) is 5.78 Å². The van der Waals surface area contributed by atoms with E-state index in [-0.39, 0.29) is 5.78 Å². The Morgan fingerprint density at radius 2 is 1.81 bits per heavy atom. The van der Waals surface area contributed by atoms with Crippen molar-refractivity contribution in [3.63, 3.8) is 0 Å². The minimum Gasteiger partial charge on any atom is -0.456 e. The Morgan fingerprint density at radius 3 is 2.57 bits per heavy atom. The third-order valence-corrected chi connectivity index (χ3v) is 4.53. The molecule has 0 aliphatic rings. The summed E-state index contributed by atoms with van der Waals surface area (Å²) in [5.74, 6) is 1.57. The van der Waals surface area contributed by atoms with Crippen LogP contribution in [0.3, 0.4) is 0 Å². The molecule has 0 atom stereocenters. The molecule has 0 amide bonds. The quantitative estimate of drug-likeness (QED) is 0.459. The molecule has 0 N–H and O–H groups in total. The molecule has 21 heavy (non-hydrogen) atoms. The summed E-state index contributed by atoms with van der Waals surface area (Å²) in [6.45, 7) is 0. The fourth-order valence-corrected chi connectivity index (χ4v) is 3.14. The first kappa shape index (κ1) is 13.8. The number of carbonyl (C=O) groups excluding carboxylic acids is 1. The maximum atomic E-state index is 12.0. The Labute approximate surface area is 131 Å². The van der Waals surface area contributed by atoms with Gasteiger partial charge >= 0.3 is 0 Å². The van der Waals surface area contributed by atoms with E-state index in [0.29, 0.717) is 0 Å². The molecule has 0 aliphatic heterocycles. The number of para-hydroxylation sites is 1. The van der Waals surface area contributed by atoms with E-state index in [2.05, 4.69) is 0 Å². The predicted molar refractivity (Wildman–Crippen MR) is 88.5 cm³/mol. The lowest BCUT2D eigenvalue weighted by molar-refractivity contribution is 0.105. The lowest BCUT2D eigenvalue weighted by Crippen LogP contribution is -1.88. The minimum atomic E-state index is 0.0176. The molecular formula is C17H12O2S2. The number of rotatable bonds is 5. The Bertz CT molecular complexity index is 740. The molecule has 0 fully saturated rings. The van der Waals surface area contributed by atoms with Crippen molar-refractivity contribution in [2.75, 3.05) is 0 Å². The highest BCUT2D eigenvalue weighted by atomic mass is 32.1. The van der Waals surface area contributed by atoms with Crippen molar-refractivity contribution in [1.29, 1.82) is 0 Å². The van der Waals surface area contributed by atoms with Crippen molar-refractivity contribution in [1.82, 2.24) is 0 Å². The Morgan fingerprint density at radius 1 is 0.952 bits per heavy atom. The fraction of sp³-hybridized carbons (Fsp3) is 0. The number of allylic oxidation sites excluding steroid dienone is 1. The van der Waals surface area contributed by atoms with Crippen molar-refractivity contribution < 1.29 is 9.53 Å². The largest absolute Gasteiger partial charge is 0.456 e. The lowest BCUT2D eigenvalue weighted by Gasteiger charge is -2.04. The summed E-state index contributed by atoms with van der Waals surface area (Å²) in [4.78, 5) is 13.6. The van der Waals surface area contributed by atoms with Gasteiger partial charge in [-0.1, -0.05) is 24.3 Å². The fourth-order valence-electron chi connectivity index (χ4n) is 1.78. The maximum absolute atomic E-state index is 12.0. The monoisotopic (exact) mass is 312 g/mol. The van der Waals surface area contributed by atoms with Gasteiger partial charge in [-0.15, -0.1) is 22.7 Å². The average Bonchev–Trinajstić information content (AvgIpc) is 3.18. The summed E-state index contributed by atoms with van der Waals surface area (Å²) in [6, 6.07) is 15.2. The molecule has 0 bridgehead atoms. The van der Waals surface area contributed by atoms with E-state index >= 15 is 0 Å². The number of ether oxygens (including phenoxy) is 1. The van der Waals surface area contributed by atoms with Crippen LogP contribution in [0.15, 0.2) is 65.4 Å². The first-order chi connectivity index (χ1) is 10.3. The number of hydrogen-bond acceptors (Lipinski definition) is 4. The molecule has 0 spiro atoms. The molecule has 3 rings (SSSR count). The summed E-state index contributed by atoms with van der Waals surface area (Å²) >= 11 is 2.99. The van der Waals surface area contributed by atoms with Crippen molar-refractivity contribution in [2.24, 2.45) is 0 Å². The molecule has 104 valence electrons. The summed E-state index contributed by atoms with van der Waals surface area (Å²) in [7, 11) is 0. The SMILES string of the molecule is O=C(/C=C/c1sccc1Oc1ccccc1)c1cccs1. The molecule has 4 heteroatoms. The van der Waals surface area contributed by atoms with E-state index in [9.17, 15) is 4.79 Å². The zero-order chi connectivity index (χ0) is 14.5. The maximum Gasteiger partial charge on any atom is 0.195 e. The Kier molecular flexibility index (Phi) is 4.28. The summed E-state index contributed by atoms with van der Waals surface area (Å²) < 4.78 is 5.82. The highest BCUT2D eigenvalue weighted by Gasteiger charge is 2.06. The molecule has 3 aromatic rings. The van der Waals surface area contributed by atoms with Crippen LogP contribution in [0.1, 0.15) is 14.5 Å². The number of hydrogen-bond donors (Lipinski definition) is 0. The summed E-state index contributed by atoms with van der Waals surface area (Å²) in [5.41, 5.74) is 0. The van der Waals surface area contributed by atoms with Crippen molar-refractivity contribution in [2.45, 2.75) is 0 Å². The lowest BCUT2D eigenvalue weighted by atomic mass is 10.3. The molecular weight excluding hydrogens is 300 g/mol. The standard InChI is InChI=1S/C17H12O2S2/c18-14(16-7-4-11-20-16)8-9-17-15(10-12-21-17)19-13-5-2-1-3-6-13/h1-12H/b9-8+. The molecule has 2 heterocycles. The van der Waals surface area contributed by atoms with Gasteiger partial charge in [0.1, 0.15) is 11.5 Å². The van der Waals surface area contributed by atoms with Crippen LogP contribution in [0.5, 0.6) is 11.5 Å². The molecule has 0 saturated heterocycles. The zero-order valence-corrected chi connectivity index (χ0v) is 12.7. The van der Waals surface area contributed by atoms with E-state index in [1.54, 1.807) is 17.4 Å².